The average molecular weight is 208 g/mol. The van der Waals surface area contributed by atoms with E-state index >= 15 is 0 Å². The molecule has 82 valence electrons. The summed E-state index contributed by atoms with van der Waals surface area (Å²) in [6.07, 6.45) is 5.51. The van der Waals surface area contributed by atoms with Gasteiger partial charge < -0.3 is 10.6 Å². The van der Waals surface area contributed by atoms with Crippen LogP contribution in [0.5, 0.6) is 0 Å². The van der Waals surface area contributed by atoms with Gasteiger partial charge in [0.05, 0.1) is 12.2 Å². The van der Waals surface area contributed by atoms with Crippen molar-refractivity contribution >= 4 is 5.91 Å². The molecule has 0 aromatic carbocycles. The summed E-state index contributed by atoms with van der Waals surface area (Å²) in [6, 6.07) is -0.310. The topological polar surface area (TPSA) is 64.2 Å². The number of aromatic nitrogens is 2. The number of hydrogen-bond donors (Lipinski definition) is 1. The van der Waals surface area contributed by atoms with E-state index in [2.05, 4.69) is 5.10 Å². The van der Waals surface area contributed by atoms with Crippen molar-refractivity contribution in [2.45, 2.75) is 25.4 Å². The molecule has 0 spiro atoms. The second-order valence-corrected chi connectivity index (χ2v) is 4.03. The Hall–Kier alpha value is -1.36. The molecule has 1 fully saturated rings. The lowest BCUT2D eigenvalue weighted by molar-refractivity contribution is -0.135. The summed E-state index contributed by atoms with van der Waals surface area (Å²) in [5, 5.41) is 4.07. The van der Waals surface area contributed by atoms with E-state index < -0.39 is 0 Å². The zero-order valence-electron chi connectivity index (χ0n) is 8.89. The Morgan fingerprint density at radius 1 is 1.67 bits per heavy atom. The second-order valence-electron chi connectivity index (χ2n) is 4.03. The maximum Gasteiger partial charge on any atom is 0.239 e. The van der Waals surface area contributed by atoms with Gasteiger partial charge in [-0.15, -0.1) is 0 Å². The summed E-state index contributed by atoms with van der Waals surface area (Å²) in [7, 11) is 1.87. The molecule has 2 heterocycles. The normalized spacial score (nSPS) is 22.1. The van der Waals surface area contributed by atoms with Crippen molar-refractivity contribution < 1.29 is 4.79 Å². The van der Waals surface area contributed by atoms with Crippen LogP contribution in [0.2, 0.25) is 0 Å². The van der Waals surface area contributed by atoms with Gasteiger partial charge in [0.1, 0.15) is 0 Å². The van der Waals surface area contributed by atoms with Gasteiger partial charge in [-0.05, 0) is 12.8 Å². The molecule has 0 bridgehead atoms. The Balaban J connectivity index is 2.02. The molecule has 1 saturated heterocycles. The van der Waals surface area contributed by atoms with Gasteiger partial charge in [-0.2, -0.15) is 5.10 Å². The summed E-state index contributed by atoms with van der Waals surface area (Å²) >= 11 is 0. The Morgan fingerprint density at radius 3 is 3.13 bits per heavy atom. The van der Waals surface area contributed by atoms with Crippen LogP contribution < -0.4 is 5.73 Å². The molecule has 1 aromatic rings. The lowest BCUT2D eigenvalue weighted by Gasteiger charge is -2.30. The van der Waals surface area contributed by atoms with E-state index in [-0.39, 0.29) is 11.9 Å². The van der Waals surface area contributed by atoms with Gasteiger partial charge in [-0.3, -0.25) is 9.48 Å². The van der Waals surface area contributed by atoms with Crippen LogP contribution in [-0.4, -0.2) is 33.2 Å². The first kappa shape index (κ1) is 10.2. The van der Waals surface area contributed by atoms with Crippen LogP contribution in [0.4, 0.5) is 0 Å². The van der Waals surface area contributed by atoms with E-state index in [9.17, 15) is 4.79 Å². The Labute approximate surface area is 88.8 Å². The summed E-state index contributed by atoms with van der Waals surface area (Å²) in [4.78, 5) is 13.5. The fourth-order valence-corrected chi connectivity index (χ4v) is 1.90. The Bertz CT molecular complexity index is 360. The SMILES string of the molecule is Cn1cc(CN2CCCC(N)C2=O)cn1. The molecule has 1 aliphatic rings. The van der Waals surface area contributed by atoms with E-state index in [1.807, 2.05) is 18.1 Å². The van der Waals surface area contributed by atoms with E-state index in [0.717, 1.165) is 24.9 Å². The third kappa shape index (κ3) is 2.18. The van der Waals surface area contributed by atoms with Crippen LogP contribution in [0, 0.1) is 0 Å². The van der Waals surface area contributed by atoms with Crippen molar-refractivity contribution in [2.75, 3.05) is 6.54 Å². The number of piperidine rings is 1. The number of likely N-dealkylation sites (tertiary alicyclic amines) is 1. The third-order valence-electron chi connectivity index (χ3n) is 2.70. The molecule has 0 saturated carbocycles. The number of carbonyl (C=O) groups is 1. The molecule has 1 aromatic heterocycles. The molecule has 5 heteroatoms. The molecule has 1 atom stereocenters. The number of rotatable bonds is 2. The minimum Gasteiger partial charge on any atom is -0.337 e. The minimum absolute atomic E-state index is 0.0603. The average Bonchev–Trinajstić information content (AvgIpc) is 2.59. The number of carbonyl (C=O) groups excluding carboxylic acids is 1. The number of aryl methyl sites for hydroxylation is 1. The minimum atomic E-state index is -0.310. The first-order valence-corrected chi connectivity index (χ1v) is 5.18. The van der Waals surface area contributed by atoms with Gasteiger partial charge >= 0.3 is 0 Å². The number of hydrogen-bond acceptors (Lipinski definition) is 3. The van der Waals surface area contributed by atoms with Gasteiger partial charge in [0.2, 0.25) is 5.91 Å². The third-order valence-corrected chi connectivity index (χ3v) is 2.70. The van der Waals surface area contributed by atoms with E-state index in [1.54, 1.807) is 10.9 Å². The Morgan fingerprint density at radius 2 is 2.47 bits per heavy atom. The molecule has 1 aliphatic heterocycles. The standard InChI is InChI=1S/C10H16N4O/c1-13-6-8(5-12-13)7-14-4-2-3-9(11)10(14)15/h5-6,9H,2-4,7,11H2,1H3. The van der Waals surface area contributed by atoms with E-state index in [0.29, 0.717) is 6.54 Å². The molecule has 2 rings (SSSR count). The van der Waals surface area contributed by atoms with Crippen LogP contribution >= 0.6 is 0 Å². The van der Waals surface area contributed by atoms with Gasteiger partial charge in [0.15, 0.2) is 0 Å². The summed E-state index contributed by atoms with van der Waals surface area (Å²) in [5.41, 5.74) is 6.77. The summed E-state index contributed by atoms with van der Waals surface area (Å²) < 4.78 is 1.74. The van der Waals surface area contributed by atoms with Crippen LogP contribution in [0.1, 0.15) is 18.4 Å². The monoisotopic (exact) mass is 208 g/mol. The largest absolute Gasteiger partial charge is 0.337 e. The molecule has 0 radical (unpaired) electrons. The molecule has 15 heavy (non-hydrogen) atoms. The number of amides is 1. The highest BCUT2D eigenvalue weighted by Gasteiger charge is 2.25. The van der Waals surface area contributed by atoms with Crippen LogP contribution in [0.25, 0.3) is 0 Å². The smallest absolute Gasteiger partial charge is 0.239 e. The van der Waals surface area contributed by atoms with Crippen molar-refractivity contribution in [3.8, 4) is 0 Å². The fourth-order valence-electron chi connectivity index (χ4n) is 1.90. The van der Waals surface area contributed by atoms with Crippen LogP contribution in [0.15, 0.2) is 12.4 Å². The molecule has 2 N–H and O–H groups in total. The summed E-state index contributed by atoms with van der Waals surface area (Å²) in [5.74, 6) is 0.0603. The molecule has 0 aliphatic carbocycles. The first-order valence-electron chi connectivity index (χ1n) is 5.18. The van der Waals surface area contributed by atoms with Gasteiger partial charge in [0, 0.05) is 31.9 Å². The molecule has 1 unspecified atom stereocenters. The van der Waals surface area contributed by atoms with Gasteiger partial charge in [-0.25, -0.2) is 0 Å². The van der Waals surface area contributed by atoms with Crippen molar-refractivity contribution in [1.29, 1.82) is 0 Å². The molecule has 5 nitrogen and oxygen atoms in total. The van der Waals surface area contributed by atoms with Crippen molar-refractivity contribution in [1.82, 2.24) is 14.7 Å². The van der Waals surface area contributed by atoms with Crippen LogP contribution in [0.3, 0.4) is 0 Å². The maximum atomic E-state index is 11.7. The van der Waals surface area contributed by atoms with E-state index in [1.165, 1.54) is 0 Å². The highest BCUT2D eigenvalue weighted by atomic mass is 16.2. The lowest BCUT2D eigenvalue weighted by Crippen LogP contribution is -2.47. The highest BCUT2D eigenvalue weighted by molar-refractivity contribution is 5.82. The van der Waals surface area contributed by atoms with E-state index in [4.69, 9.17) is 5.73 Å². The summed E-state index contributed by atoms with van der Waals surface area (Å²) in [6.45, 7) is 1.43. The highest BCUT2D eigenvalue weighted by Crippen LogP contribution is 2.13. The lowest BCUT2D eigenvalue weighted by atomic mass is 10.1. The quantitative estimate of drug-likeness (QED) is 0.736. The number of nitrogens with zero attached hydrogens (tertiary/aromatic N) is 3. The zero-order valence-corrected chi connectivity index (χ0v) is 8.89. The molecular formula is C10H16N4O. The molecular weight excluding hydrogens is 192 g/mol. The first-order chi connectivity index (χ1) is 7.16. The molecule has 1 amide bonds. The zero-order chi connectivity index (χ0) is 10.8. The van der Waals surface area contributed by atoms with Gasteiger partial charge in [0.25, 0.3) is 0 Å². The maximum absolute atomic E-state index is 11.7. The predicted molar refractivity (Wildman–Crippen MR) is 55.8 cm³/mol. The van der Waals surface area contributed by atoms with Crippen molar-refractivity contribution in [3.63, 3.8) is 0 Å². The fraction of sp³-hybridized carbons (Fsp3) is 0.600. The van der Waals surface area contributed by atoms with Gasteiger partial charge in [-0.1, -0.05) is 0 Å². The number of nitrogens with two attached hydrogens (primary N) is 1. The Kier molecular flexibility index (Phi) is 2.73. The predicted octanol–water partition coefficient (Wildman–Crippen LogP) is -0.130. The van der Waals surface area contributed by atoms with Crippen molar-refractivity contribution in [2.24, 2.45) is 12.8 Å². The second kappa shape index (κ2) is 4.02. The van der Waals surface area contributed by atoms with Crippen LogP contribution in [-0.2, 0) is 18.4 Å². The van der Waals surface area contributed by atoms with Crippen molar-refractivity contribution in [3.05, 3.63) is 18.0 Å².